The second kappa shape index (κ2) is 16.1. The minimum Gasteiger partial charge on any atom is -0.497 e. The van der Waals surface area contributed by atoms with Gasteiger partial charge in [0, 0.05) is 21.0 Å². The molecule has 0 fully saturated rings. The number of methoxy groups -OCH3 is 2. The lowest BCUT2D eigenvalue weighted by Crippen LogP contribution is -2.30. The number of aryl methyl sites for hydroxylation is 1. The molecule has 0 saturated carbocycles. The van der Waals surface area contributed by atoms with E-state index in [1.807, 2.05) is 12.1 Å². The van der Waals surface area contributed by atoms with Crippen LogP contribution in [0.5, 0.6) is 5.75 Å². The minimum atomic E-state index is -0.516. The van der Waals surface area contributed by atoms with Crippen molar-refractivity contribution in [3.8, 4) is 5.75 Å². The molecule has 0 atom stereocenters. The maximum Gasteiger partial charge on any atom is 0.341 e. The average molecular weight is 670 g/mol. The van der Waals surface area contributed by atoms with Crippen LogP contribution in [0.15, 0.2) is 89.5 Å². The number of carbonyl (C=O) groups excluding carboxylic acids is 4. The number of fused-ring (bicyclic) bond motifs is 1. The van der Waals surface area contributed by atoms with Gasteiger partial charge in [-0.05, 0) is 85.4 Å². The largest absolute Gasteiger partial charge is 0.497 e. The van der Waals surface area contributed by atoms with Gasteiger partial charge in [0.25, 0.3) is 11.8 Å². The van der Waals surface area contributed by atoms with Gasteiger partial charge < -0.3 is 25.4 Å². The quantitative estimate of drug-likeness (QED) is 0.0684. The summed E-state index contributed by atoms with van der Waals surface area (Å²) in [5, 5.41) is 9.06. The van der Waals surface area contributed by atoms with Gasteiger partial charge in [-0.25, -0.2) is 4.79 Å². The Morgan fingerprint density at radius 3 is 2.38 bits per heavy atom. The standard InChI is InChI=1S/C36H35N3O6S2/c1-44-26-18-16-23(17-19-26)20-29(38-33(41)24-10-5-3-6-11-24)34(42)37-25-12-9-13-27(21-25)46-22-31(40)39-35-32(36(43)45-2)28-14-7-4-8-15-30(28)47-35/h3,5-6,9-13,16-21H,4,7-8,14-15,22H2,1-2H3,(H,37,42)(H,38,41)(H,39,40)/b29-20+. The van der Waals surface area contributed by atoms with E-state index < -0.39 is 17.8 Å². The fourth-order valence-electron chi connectivity index (χ4n) is 5.13. The molecule has 3 N–H and O–H groups in total. The number of carbonyl (C=O) groups is 4. The van der Waals surface area contributed by atoms with Crippen LogP contribution in [-0.4, -0.2) is 43.7 Å². The Kier molecular flexibility index (Phi) is 11.5. The van der Waals surface area contributed by atoms with Crippen molar-refractivity contribution in [3.05, 3.63) is 112 Å². The van der Waals surface area contributed by atoms with E-state index in [-0.39, 0.29) is 17.4 Å². The van der Waals surface area contributed by atoms with Crippen molar-refractivity contribution in [1.29, 1.82) is 0 Å². The first-order valence-corrected chi connectivity index (χ1v) is 16.9. The second-order valence-electron chi connectivity index (χ2n) is 10.7. The maximum absolute atomic E-state index is 13.5. The molecule has 1 aliphatic rings. The number of nitrogens with one attached hydrogen (secondary N) is 3. The predicted molar refractivity (Wildman–Crippen MR) is 186 cm³/mol. The molecule has 9 nitrogen and oxygen atoms in total. The lowest BCUT2D eigenvalue weighted by atomic mass is 10.1. The van der Waals surface area contributed by atoms with E-state index in [0.717, 1.165) is 47.4 Å². The van der Waals surface area contributed by atoms with Gasteiger partial charge in [-0.15, -0.1) is 23.1 Å². The first kappa shape index (κ1) is 33.5. The van der Waals surface area contributed by atoms with E-state index in [1.54, 1.807) is 79.9 Å². The third kappa shape index (κ3) is 8.90. The number of benzene rings is 3. The summed E-state index contributed by atoms with van der Waals surface area (Å²) < 4.78 is 10.3. The number of hydrogen-bond donors (Lipinski definition) is 3. The van der Waals surface area contributed by atoms with Crippen LogP contribution in [0.1, 0.15) is 56.0 Å². The zero-order valence-electron chi connectivity index (χ0n) is 26.1. The van der Waals surface area contributed by atoms with Crippen molar-refractivity contribution in [1.82, 2.24) is 5.32 Å². The summed E-state index contributed by atoms with van der Waals surface area (Å²) in [6.45, 7) is 0. The monoisotopic (exact) mass is 669 g/mol. The van der Waals surface area contributed by atoms with Crippen molar-refractivity contribution in [3.63, 3.8) is 0 Å². The summed E-state index contributed by atoms with van der Waals surface area (Å²) in [7, 11) is 2.92. The number of hydrogen-bond acceptors (Lipinski definition) is 8. The SMILES string of the molecule is COC(=O)c1c(NC(=O)CSc2cccc(NC(=O)/C(=C\c3ccc(OC)cc3)NC(=O)c3ccccc3)c2)sc2c1CCCCC2. The van der Waals surface area contributed by atoms with Crippen LogP contribution in [0.4, 0.5) is 10.7 Å². The number of thioether (sulfide) groups is 1. The molecule has 0 bridgehead atoms. The van der Waals surface area contributed by atoms with Gasteiger partial charge in [0.15, 0.2) is 0 Å². The third-order valence-electron chi connectivity index (χ3n) is 7.48. The Morgan fingerprint density at radius 2 is 1.64 bits per heavy atom. The predicted octanol–water partition coefficient (Wildman–Crippen LogP) is 6.95. The highest BCUT2D eigenvalue weighted by molar-refractivity contribution is 8.00. The maximum atomic E-state index is 13.5. The smallest absolute Gasteiger partial charge is 0.341 e. The van der Waals surface area contributed by atoms with Crippen molar-refractivity contribution in [2.24, 2.45) is 0 Å². The Balaban J connectivity index is 1.26. The Bertz CT molecular complexity index is 1780. The fraction of sp³-hybridized carbons (Fsp3) is 0.222. The number of esters is 1. The molecule has 1 aliphatic carbocycles. The van der Waals surface area contributed by atoms with Crippen LogP contribution in [0.2, 0.25) is 0 Å². The third-order valence-corrected chi connectivity index (χ3v) is 9.68. The van der Waals surface area contributed by atoms with Crippen molar-refractivity contribution >= 4 is 63.6 Å². The van der Waals surface area contributed by atoms with Crippen molar-refractivity contribution in [2.45, 2.75) is 37.0 Å². The highest BCUT2D eigenvalue weighted by Gasteiger charge is 2.26. The number of anilines is 2. The molecule has 0 unspecified atom stereocenters. The number of rotatable bonds is 11. The van der Waals surface area contributed by atoms with E-state index in [1.165, 1.54) is 30.2 Å². The van der Waals surface area contributed by atoms with Crippen LogP contribution in [0, 0.1) is 0 Å². The highest BCUT2D eigenvalue weighted by Crippen LogP contribution is 2.38. The second-order valence-corrected chi connectivity index (χ2v) is 12.9. The number of amides is 3. The molecule has 3 amide bonds. The molecule has 0 radical (unpaired) electrons. The van der Waals surface area contributed by atoms with Crippen LogP contribution in [-0.2, 0) is 27.2 Å². The Labute approximate surface area is 281 Å². The highest BCUT2D eigenvalue weighted by atomic mass is 32.2. The minimum absolute atomic E-state index is 0.0530. The van der Waals surface area contributed by atoms with Gasteiger partial charge in [-0.3, -0.25) is 14.4 Å². The molecule has 4 aromatic rings. The number of ether oxygens (including phenoxy) is 2. The molecule has 3 aromatic carbocycles. The molecule has 1 heterocycles. The molecular weight excluding hydrogens is 635 g/mol. The molecular formula is C36H35N3O6S2. The van der Waals surface area contributed by atoms with Crippen LogP contribution >= 0.6 is 23.1 Å². The number of thiophene rings is 1. The van der Waals surface area contributed by atoms with Gasteiger partial charge in [0.1, 0.15) is 16.4 Å². The zero-order chi connectivity index (χ0) is 33.2. The molecule has 5 rings (SSSR count). The Hall–Kier alpha value is -4.87. The van der Waals surface area contributed by atoms with E-state index >= 15 is 0 Å². The summed E-state index contributed by atoms with van der Waals surface area (Å²) >= 11 is 2.75. The van der Waals surface area contributed by atoms with Gasteiger partial charge in [-0.1, -0.05) is 42.8 Å². The zero-order valence-corrected chi connectivity index (χ0v) is 27.7. The lowest BCUT2D eigenvalue weighted by molar-refractivity contribution is -0.114. The van der Waals surface area contributed by atoms with Crippen molar-refractivity contribution in [2.75, 3.05) is 30.6 Å². The van der Waals surface area contributed by atoms with Crippen LogP contribution in [0.25, 0.3) is 6.08 Å². The topological polar surface area (TPSA) is 123 Å². The van der Waals surface area contributed by atoms with E-state index in [0.29, 0.717) is 33.1 Å². The first-order chi connectivity index (χ1) is 22.8. The van der Waals surface area contributed by atoms with Crippen LogP contribution in [0.3, 0.4) is 0 Å². The Morgan fingerprint density at radius 1 is 0.872 bits per heavy atom. The summed E-state index contributed by atoms with van der Waals surface area (Å²) in [5.41, 5.74) is 3.11. The average Bonchev–Trinajstić information content (AvgIpc) is 3.26. The van der Waals surface area contributed by atoms with E-state index in [4.69, 9.17) is 9.47 Å². The normalized spacial score (nSPS) is 12.7. The fourth-order valence-corrected chi connectivity index (χ4v) is 7.18. The summed E-state index contributed by atoms with van der Waals surface area (Å²) in [6, 6.07) is 22.8. The van der Waals surface area contributed by atoms with Gasteiger partial charge in [-0.2, -0.15) is 0 Å². The molecule has 1 aromatic heterocycles. The van der Waals surface area contributed by atoms with E-state index in [2.05, 4.69) is 16.0 Å². The summed E-state index contributed by atoms with van der Waals surface area (Å²) in [6.07, 6.45) is 6.45. The van der Waals surface area contributed by atoms with Crippen LogP contribution < -0.4 is 20.7 Å². The lowest BCUT2D eigenvalue weighted by Gasteiger charge is -2.12. The summed E-state index contributed by atoms with van der Waals surface area (Å²) in [5.74, 6) is -0.865. The van der Waals surface area contributed by atoms with Gasteiger partial charge in [0.05, 0.1) is 25.5 Å². The first-order valence-electron chi connectivity index (χ1n) is 15.1. The van der Waals surface area contributed by atoms with Crippen molar-refractivity contribution < 1.29 is 28.7 Å². The molecule has 11 heteroatoms. The molecule has 47 heavy (non-hydrogen) atoms. The van der Waals surface area contributed by atoms with Gasteiger partial charge in [0.2, 0.25) is 5.91 Å². The molecule has 0 aliphatic heterocycles. The molecule has 0 saturated heterocycles. The summed E-state index contributed by atoms with van der Waals surface area (Å²) in [4.78, 5) is 54.0. The molecule has 242 valence electrons. The van der Waals surface area contributed by atoms with E-state index in [9.17, 15) is 19.2 Å². The molecule has 0 spiro atoms. The van der Waals surface area contributed by atoms with Gasteiger partial charge >= 0.3 is 5.97 Å².